The maximum Gasteiger partial charge on any atom is 0.222 e. The number of likely N-dealkylation sites (N-methyl/N-ethyl adjacent to an activating group) is 1. The number of amides is 1. The number of hydrogen-bond acceptors (Lipinski definition) is 2. The van der Waals surface area contributed by atoms with E-state index in [4.69, 9.17) is 0 Å². The summed E-state index contributed by atoms with van der Waals surface area (Å²) in [6, 6.07) is 0. The third-order valence-corrected chi connectivity index (χ3v) is 3.46. The lowest BCUT2D eigenvalue weighted by Gasteiger charge is -2.22. The number of carbonyl (C=O) groups is 1. The molecule has 1 atom stereocenters. The van der Waals surface area contributed by atoms with Gasteiger partial charge in [0.25, 0.3) is 0 Å². The minimum atomic E-state index is 0.306. The second kappa shape index (κ2) is 7.49. The third-order valence-electron chi connectivity index (χ3n) is 3.46. The van der Waals surface area contributed by atoms with E-state index < -0.39 is 0 Å². The highest BCUT2D eigenvalue weighted by Crippen LogP contribution is 2.22. The summed E-state index contributed by atoms with van der Waals surface area (Å²) in [5, 5.41) is 3.08. The maximum absolute atomic E-state index is 12.0. The Hall–Kier alpha value is -0.830. The second-order valence-corrected chi connectivity index (χ2v) is 5.08. The van der Waals surface area contributed by atoms with E-state index in [1.54, 1.807) is 0 Å². The molecule has 1 amide bonds. The zero-order valence-corrected chi connectivity index (χ0v) is 11.3. The molecule has 0 spiro atoms. The number of carbonyl (C=O) groups excluding carboxylic acids is 1. The van der Waals surface area contributed by atoms with Gasteiger partial charge in [0.15, 0.2) is 0 Å². The van der Waals surface area contributed by atoms with Crippen molar-refractivity contribution in [2.45, 2.75) is 39.0 Å². The smallest absolute Gasteiger partial charge is 0.222 e. The molecular formula is C14H26N2O. The van der Waals surface area contributed by atoms with Crippen LogP contribution in [-0.4, -0.2) is 37.5 Å². The van der Waals surface area contributed by atoms with Gasteiger partial charge in [-0.25, -0.2) is 0 Å². The van der Waals surface area contributed by atoms with E-state index in [2.05, 4.69) is 18.8 Å². The monoisotopic (exact) mass is 238 g/mol. The van der Waals surface area contributed by atoms with Crippen molar-refractivity contribution in [1.29, 1.82) is 0 Å². The van der Waals surface area contributed by atoms with Crippen LogP contribution in [0.3, 0.4) is 0 Å². The third kappa shape index (κ3) is 4.90. The molecule has 98 valence electrons. The Morgan fingerprint density at radius 3 is 2.94 bits per heavy atom. The van der Waals surface area contributed by atoms with Gasteiger partial charge in [-0.1, -0.05) is 26.3 Å². The van der Waals surface area contributed by atoms with Crippen molar-refractivity contribution >= 4 is 5.91 Å². The minimum absolute atomic E-state index is 0.306. The van der Waals surface area contributed by atoms with Crippen LogP contribution < -0.4 is 5.32 Å². The predicted molar refractivity (Wildman–Crippen MR) is 71.9 cm³/mol. The molecule has 1 N–H and O–H groups in total. The zero-order valence-electron chi connectivity index (χ0n) is 11.3. The van der Waals surface area contributed by atoms with Gasteiger partial charge >= 0.3 is 0 Å². The molecule has 0 aliphatic carbocycles. The molecule has 1 fully saturated rings. The van der Waals surface area contributed by atoms with Crippen LogP contribution in [0.25, 0.3) is 0 Å². The van der Waals surface area contributed by atoms with E-state index >= 15 is 0 Å². The lowest BCUT2D eigenvalue weighted by atomic mass is 9.96. The molecule has 0 radical (unpaired) electrons. The van der Waals surface area contributed by atoms with E-state index in [1.165, 1.54) is 12.8 Å². The SMILES string of the molecule is C=C(CNC)CN1CCC(CCC)CCC1=O. The summed E-state index contributed by atoms with van der Waals surface area (Å²) in [5.41, 5.74) is 1.09. The van der Waals surface area contributed by atoms with Crippen molar-refractivity contribution in [2.24, 2.45) is 5.92 Å². The Bertz CT molecular complexity index is 263. The zero-order chi connectivity index (χ0) is 12.7. The average Bonchev–Trinajstić information content (AvgIpc) is 2.45. The topological polar surface area (TPSA) is 32.3 Å². The normalized spacial score (nSPS) is 21.4. The van der Waals surface area contributed by atoms with Crippen LogP contribution in [-0.2, 0) is 4.79 Å². The summed E-state index contributed by atoms with van der Waals surface area (Å²) in [6.07, 6.45) is 5.44. The molecule has 1 aliphatic heterocycles. The molecule has 1 unspecified atom stereocenters. The number of likely N-dealkylation sites (tertiary alicyclic amines) is 1. The number of hydrogen-bond donors (Lipinski definition) is 1. The molecule has 0 aromatic heterocycles. The molecule has 0 bridgehead atoms. The van der Waals surface area contributed by atoms with Crippen LogP contribution >= 0.6 is 0 Å². The first kappa shape index (κ1) is 14.2. The molecule has 1 aliphatic rings. The van der Waals surface area contributed by atoms with E-state index in [1.807, 2.05) is 11.9 Å². The van der Waals surface area contributed by atoms with Gasteiger partial charge in [-0.2, -0.15) is 0 Å². The Morgan fingerprint density at radius 1 is 1.53 bits per heavy atom. The summed E-state index contributed by atoms with van der Waals surface area (Å²) in [5.74, 6) is 1.05. The Morgan fingerprint density at radius 2 is 2.29 bits per heavy atom. The predicted octanol–water partition coefficient (Wildman–Crippen LogP) is 2.19. The average molecular weight is 238 g/mol. The standard InChI is InChI=1S/C14H26N2O/c1-4-5-13-6-7-14(17)16(9-8-13)11-12(2)10-15-3/h13,15H,2,4-11H2,1,3H3. The summed E-state index contributed by atoms with van der Waals surface area (Å²) >= 11 is 0. The highest BCUT2D eigenvalue weighted by Gasteiger charge is 2.21. The molecule has 0 saturated carbocycles. The fourth-order valence-electron chi connectivity index (χ4n) is 2.53. The highest BCUT2D eigenvalue weighted by atomic mass is 16.2. The van der Waals surface area contributed by atoms with Crippen molar-refractivity contribution < 1.29 is 4.79 Å². The second-order valence-electron chi connectivity index (χ2n) is 5.08. The van der Waals surface area contributed by atoms with Crippen LogP contribution in [0.4, 0.5) is 0 Å². The van der Waals surface area contributed by atoms with Crippen molar-refractivity contribution in [3.63, 3.8) is 0 Å². The maximum atomic E-state index is 12.0. The molecule has 17 heavy (non-hydrogen) atoms. The van der Waals surface area contributed by atoms with Crippen LogP contribution in [0.1, 0.15) is 39.0 Å². The fourth-order valence-corrected chi connectivity index (χ4v) is 2.53. The Kier molecular flexibility index (Phi) is 6.27. The fraction of sp³-hybridized carbons (Fsp3) is 0.786. The van der Waals surface area contributed by atoms with Crippen molar-refractivity contribution in [3.05, 3.63) is 12.2 Å². The van der Waals surface area contributed by atoms with Crippen molar-refractivity contribution in [2.75, 3.05) is 26.7 Å². The van der Waals surface area contributed by atoms with Crippen LogP contribution in [0, 0.1) is 5.92 Å². The number of nitrogens with one attached hydrogen (secondary N) is 1. The lowest BCUT2D eigenvalue weighted by Crippen LogP contribution is -2.33. The first-order chi connectivity index (χ1) is 8.17. The lowest BCUT2D eigenvalue weighted by molar-refractivity contribution is -0.130. The van der Waals surface area contributed by atoms with E-state index in [9.17, 15) is 4.79 Å². The van der Waals surface area contributed by atoms with Crippen molar-refractivity contribution in [1.82, 2.24) is 10.2 Å². The summed E-state index contributed by atoms with van der Waals surface area (Å²) < 4.78 is 0. The molecule has 0 aromatic carbocycles. The molecule has 1 saturated heterocycles. The first-order valence-corrected chi connectivity index (χ1v) is 6.76. The van der Waals surface area contributed by atoms with E-state index in [0.717, 1.165) is 50.4 Å². The Labute approximate surface area is 105 Å². The molecule has 3 heteroatoms. The largest absolute Gasteiger partial charge is 0.339 e. The quantitative estimate of drug-likeness (QED) is 0.719. The molecule has 3 nitrogen and oxygen atoms in total. The molecule has 1 heterocycles. The van der Waals surface area contributed by atoms with Crippen LogP contribution in [0.2, 0.25) is 0 Å². The van der Waals surface area contributed by atoms with E-state index in [-0.39, 0.29) is 0 Å². The minimum Gasteiger partial charge on any atom is -0.339 e. The van der Waals surface area contributed by atoms with Gasteiger partial charge < -0.3 is 10.2 Å². The van der Waals surface area contributed by atoms with Gasteiger partial charge in [-0.05, 0) is 31.4 Å². The van der Waals surface area contributed by atoms with Gasteiger partial charge in [-0.15, -0.1) is 0 Å². The molecular weight excluding hydrogens is 212 g/mol. The summed E-state index contributed by atoms with van der Waals surface area (Å²) in [4.78, 5) is 13.9. The molecule has 0 aromatic rings. The van der Waals surface area contributed by atoms with Crippen LogP contribution in [0.5, 0.6) is 0 Å². The summed E-state index contributed by atoms with van der Waals surface area (Å²) in [7, 11) is 1.91. The van der Waals surface area contributed by atoms with Gasteiger partial charge in [0.1, 0.15) is 0 Å². The highest BCUT2D eigenvalue weighted by molar-refractivity contribution is 5.76. The van der Waals surface area contributed by atoms with Gasteiger partial charge in [0.05, 0.1) is 0 Å². The Balaban J connectivity index is 2.44. The summed E-state index contributed by atoms with van der Waals surface area (Å²) in [6.45, 7) is 8.65. The number of nitrogens with zero attached hydrogens (tertiary/aromatic N) is 1. The van der Waals surface area contributed by atoms with Crippen LogP contribution in [0.15, 0.2) is 12.2 Å². The number of rotatable bonds is 6. The van der Waals surface area contributed by atoms with Gasteiger partial charge in [0, 0.05) is 26.1 Å². The van der Waals surface area contributed by atoms with E-state index in [0.29, 0.717) is 5.91 Å². The van der Waals surface area contributed by atoms with Crippen molar-refractivity contribution in [3.8, 4) is 0 Å². The van der Waals surface area contributed by atoms with Gasteiger partial charge in [-0.3, -0.25) is 4.79 Å². The molecule has 1 rings (SSSR count). The van der Waals surface area contributed by atoms with Gasteiger partial charge in [0.2, 0.25) is 5.91 Å². The first-order valence-electron chi connectivity index (χ1n) is 6.76.